The highest BCUT2D eigenvalue weighted by molar-refractivity contribution is 5.92. The maximum Gasteiger partial charge on any atom is 0.244 e. The van der Waals surface area contributed by atoms with Crippen molar-refractivity contribution in [2.75, 3.05) is 27.2 Å². The smallest absolute Gasteiger partial charge is 0.244 e. The van der Waals surface area contributed by atoms with Gasteiger partial charge in [0, 0.05) is 24.7 Å². The van der Waals surface area contributed by atoms with E-state index in [0.717, 1.165) is 23.6 Å². The van der Waals surface area contributed by atoms with Crippen molar-refractivity contribution in [2.24, 2.45) is 0 Å². The molecule has 0 aliphatic rings. The lowest BCUT2D eigenvalue weighted by molar-refractivity contribution is -0.116. The zero-order chi connectivity index (χ0) is 16.5. The fourth-order valence-electron chi connectivity index (χ4n) is 1.95. The molecule has 1 N–H and O–H groups in total. The van der Waals surface area contributed by atoms with Gasteiger partial charge in [0.1, 0.15) is 11.5 Å². The third-order valence-electron chi connectivity index (χ3n) is 3.16. The third kappa shape index (κ3) is 5.96. The second-order valence-corrected chi connectivity index (χ2v) is 5.38. The van der Waals surface area contributed by atoms with Gasteiger partial charge >= 0.3 is 0 Å². The number of hydrogen-bond acceptors (Lipinski definition) is 3. The number of amides is 1. The number of carbonyl (C=O) groups is 1. The number of nitrogens with one attached hydrogen (secondary N) is 1. The molecule has 4 heteroatoms. The Morgan fingerprint density at radius 3 is 2.52 bits per heavy atom. The molecule has 0 fully saturated rings. The summed E-state index contributed by atoms with van der Waals surface area (Å²) >= 11 is 0. The van der Waals surface area contributed by atoms with Gasteiger partial charge in [-0.05, 0) is 38.4 Å². The average Bonchev–Trinajstić information content (AvgIpc) is 2.55. The van der Waals surface area contributed by atoms with Gasteiger partial charge in [0.2, 0.25) is 5.91 Å². The number of ether oxygens (including phenoxy) is 1. The molecule has 0 unspecified atom stereocenters. The lowest BCUT2D eigenvalue weighted by Gasteiger charge is -2.09. The van der Waals surface area contributed by atoms with E-state index >= 15 is 0 Å². The van der Waals surface area contributed by atoms with E-state index < -0.39 is 0 Å². The van der Waals surface area contributed by atoms with Crippen LogP contribution in [0, 0.1) is 0 Å². The van der Waals surface area contributed by atoms with E-state index in [1.807, 2.05) is 73.6 Å². The van der Waals surface area contributed by atoms with E-state index in [-0.39, 0.29) is 5.91 Å². The molecule has 0 saturated carbocycles. The van der Waals surface area contributed by atoms with Gasteiger partial charge in [-0.15, -0.1) is 0 Å². The van der Waals surface area contributed by atoms with Gasteiger partial charge in [-0.2, -0.15) is 0 Å². The van der Waals surface area contributed by atoms with Crippen LogP contribution < -0.4 is 10.1 Å². The Morgan fingerprint density at radius 2 is 1.78 bits per heavy atom. The van der Waals surface area contributed by atoms with Crippen molar-refractivity contribution < 1.29 is 9.53 Å². The zero-order valence-electron chi connectivity index (χ0n) is 13.5. The second-order valence-electron chi connectivity index (χ2n) is 5.38. The van der Waals surface area contributed by atoms with Crippen molar-refractivity contribution in [1.82, 2.24) is 10.2 Å². The summed E-state index contributed by atoms with van der Waals surface area (Å²) in [5, 5.41) is 2.85. The molecule has 0 bridgehead atoms. The first-order chi connectivity index (χ1) is 11.1. The molecule has 0 spiro atoms. The van der Waals surface area contributed by atoms with Crippen molar-refractivity contribution in [1.29, 1.82) is 0 Å². The van der Waals surface area contributed by atoms with E-state index in [2.05, 4.69) is 5.32 Å². The SMILES string of the molecule is CN(C)CCNC(=O)/C=C/c1ccccc1Oc1ccccc1. The highest BCUT2D eigenvalue weighted by Gasteiger charge is 2.02. The van der Waals surface area contributed by atoms with E-state index in [0.29, 0.717) is 6.54 Å². The van der Waals surface area contributed by atoms with Gasteiger partial charge < -0.3 is 15.0 Å². The fraction of sp³-hybridized carbons (Fsp3) is 0.211. The summed E-state index contributed by atoms with van der Waals surface area (Å²) in [6.45, 7) is 1.44. The topological polar surface area (TPSA) is 41.6 Å². The van der Waals surface area contributed by atoms with E-state index in [9.17, 15) is 4.79 Å². The summed E-state index contributed by atoms with van der Waals surface area (Å²) in [6.07, 6.45) is 3.30. The average molecular weight is 310 g/mol. The molecule has 120 valence electrons. The number of benzene rings is 2. The van der Waals surface area contributed by atoms with Crippen molar-refractivity contribution in [2.45, 2.75) is 0 Å². The molecule has 0 aliphatic carbocycles. The van der Waals surface area contributed by atoms with Crippen molar-refractivity contribution in [3.63, 3.8) is 0 Å². The Hall–Kier alpha value is -2.59. The lowest BCUT2D eigenvalue weighted by atomic mass is 10.2. The van der Waals surface area contributed by atoms with Crippen LogP contribution in [0.4, 0.5) is 0 Å². The molecule has 0 radical (unpaired) electrons. The molecule has 2 rings (SSSR count). The highest BCUT2D eigenvalue weighted by atomic mass is 16.5. The number of nitrogens with zero attached hydrogens (tertiary/aromatic N) is 1. The monoisotopic (exact) mass is 310 g/mol. The molecule has 0 atom stereocenters. The molecular formula is C19H22N2O2. The molecule has 23 heavy (non-hydrogen) atoms. The molecule has 2 aromatic carbocycles. The van der Waals surface area contributed by atoms with Crippen LogP contribution in [0.25, 0.3) is 6.08 Å². The first-order valence-electron chi connectivity index (χ1n) is 7.58. The highest BCUT2D eigenvalue weighted by Crippen LogP contribution is 2.25. The van der Waals surface area contributed by atoms with Crippen LogP contribution in [0.15, 0.2) is 60.7 Å². The standard InChI is InChI=1S/C19H22N2O2/c1-21(2)15-14-20-19(22)13-12-16-8-6-7-11-18(16)23-17-9-4-3-5-10-17/h3-13H,14-15H2,1-2H3,(H,20,22)/b13-12+. The summed E-state index contributed by atoms with van der Waals surface area (Å²) in [7, 11) is 3.94. The van der Waals surface area contributed by atoms with Gasteiger partial charge in [0.25, 0.3) is 0 Å². The normalized spacial score (nSPS) is 10.9. The molecule has 0 aliphatic heterocycles. The summed E-state index contributed by atoms with van der Waals surface area (Å²) < 4.78 is 5.86. The first kappa shape index (κ1) is 16.8. The number of rotatable bonds is 7. The summed E-state index contributed by atoms with van der Waals surface area (Å²) in [5.74, 6) is 1.38. The number of carbonyl (C=O) groups excluding carboxylic acids is 1. The van der Waals surface area contributed by atoms with Crippen molar-refractivity contribution in [3.8, 4) is 11.5 Å². The van der Waals surface area contributed by atoms with Gasteiger partial charge in [0.05, 0.1) is 0 Å². The largest absolute Gasteiger partial charge is 0.457 e. The predicted octanol–water partition coefficient (Wildman–Crippen LogP) is 3.17. The number of hydrogen-bond donors (Lipinski definition) is 1. The Kier molecular flexibility index (Phi) is 6.39. The van der Waals surface area contributed by atoms with Crippen molar-refractivity contribution in [3.05, 3.63) is 66.2 Å². The molecular weight excluding hydrogens is 288 g/mol. The van der Waals surface area contributed by atoms with Crippen molar-refractivity contribution >= 4 is 12.0 Å². The number of likely N-dealkylation sites (N-methyl/N-ethyl adjacent to an activating group) is 1. The summed E-state index contributed by atoms with van der Waals surface area (Å²) in [4.78, 5) is 13.8. The van der Waals surface area contributed by atoms with Gasteiger partial charge in [-0.3, -0.25) is 4.79 Å². The third-order valence-corrected chi connectivity index (χ3v) is 3.16. The fourth-order valence-corrected chi connectivity index (χ4v) is 1.95. The van der Waals surface area contributed by atoms with Crippen LogP contribution in [-0.4, -0.2) is 38.0 Å². The zero-order valence-corrected chi connectivity index (χ0v) is 13.5. The maximum atomic E-state index is 11.8. The van der Waals surface area contributed by atoms with Crippen LogP contribution in [0.3, 0.4) is 0 Å². The molecule has 0 aromatic heterocycles. The molecule has 1 amide bonds. The maximum absolute atomic E-state index is 11.8. The van der Waals surface area contributed by atoms with E-state index in [1.54, 1.807) is 6.08 Å². The molecule has 4 nitrogen and oxygen atoms in total. The Balaban J connectivity index is 2.00. The Morgan fingerprint density at radius 1 is 1.09 bits per heavy atom. The van der Waals surface area contributed by atoms with Crippen LogP contribution in [0.5, 0.6) is 11.5 Å². The summed E-state index contributed by atoms with van der Waals surface area (Å²) in [5.41, 5.74) is 0.860. The minimum atomic E-state index is -0.110. The van der Waals surface area contributed by atoms with Gasteiger partial charge in [-0.1, -0.05) is 36.4 Å². The van der Waals surface area contributed by atoms with E-state index in [1.165, 1.54) is 6.08 Å². The second kappa shape index (κ2) is 8.76. The predicted molar refractivity (Wildman–Crippen MR) is 93.6 cm³/mol. The van der Waals surface area contributed by atoms with Crippen LogP contribution in [0.1, 0.15) is 5.56 Å². The van der Waals surface area contributed by atoms with Gasteiger partial charge in [-0.25, -0.2) is 0 Å². The molecule has 0 heterocycles. The van der Waals surface area contributed by atoms with Crippen LogP contribution >= 0.6 is 0 Å². The number of para-hydroxylation sites is 2. The first-order valence-corrected chi connectivity index (χ1v) is 7.58. The van der Waals surface area contributed by atoms with Gasteiger partial charge in [0.15, 0.2) is 0 Å². The minimum Gasteiger partial charge on any atom is -0.457 e. The Labute approximate surface area is 137 Å². The molecule has 0 saturated heterocycles. The minimum absolute atomic E-state index is 0.110. The quantitative estimate of drug-likeness (QED) is 0.799. The van der Waals surface area contributed by atoms with Crippen LogP contribution in [0.2, 0.25) is 0 Å². The Bertz CT molecular complexity index is 651. The lowest BCUT2D eigenvalue weighted by Crippen LogP contribution is -2.30. The summed E-state index contributed by atoms with van der Waals surface area (Å²) in [6, 6.07) is 17.2. The van der Waals surface area contributed by atoms with E-state index in [4.69, 9.17) is 4.74 Å². The molecule has 2 aromatic rings. The van der Waals surface area contributed by atoms with Crippen LogP contribution in [-0.2, 0) is 4.79 Å².